The molecule has 0 amide bonds. The van der Waals surface area contributed by atoms with Crippen LogP contribution in [0.3, 0.4) is 0 Å². The molecule has 0 bridgehead atoms. The van der Waals surface area contributed by atoms with Crippen molar-refractivity contribution in [2.24, 2.45) is 0 Å². The Labute approximate surface area is 80.3 Å². The highest BCUT2D eigenvalue weighted by molar-refractivity contribution is 9.24. The number of hydrogen-bond donors (Lipinski definition) is 0. The molecule has 0 aromatic rings. The second-order valence-corrected chi connectivity index (χ2v) is 14.1. The van der Waals surface area contributed by atoms with Crippen LogP contribution in [0.4, 0.5) is 0 Å². The summed E-state index contributed by atoms with van der Waals surface area (Å²) in [7, 11) is -1.14. The van der Waals surface area contributed by atoms with E-state index in [1.807, 2.05) is 6.92 Å². The van der Waals surface area contributed by atoms with Gasteiger partial charge in [-0.1, -0.05) is 51.5 Å². The van der Waals surface area contributed by atoms with E-state index < -0.39 is 7.38 Å². The van der Waals surface area contributed by atoms with E-state index >= 15 is 0 Å². The minimum atomic E-state index is -1.14. The molecule has 0 aromatic heterocycles. The molecule has 0 aliphatic rings. The van der Waals surface area contributed by atoms with Gasteiger partial charge in [-0.2, -0.15) is 11.1 Å². The van der Waals surface area contributed by atoms with Gasteiger partial charge in [-0.25, -0.2) is 0 Å². The molecule has 0 N–H and O–H groups in total. The summed E-state index contributed by atoms with van der Waals surface area (Å²) in [4.78, 5) is 0. The van der Waals surface area contributed by atoms with Gasteiger partial charge >= 0.3 is 0 Å². The van der Waals surface area contributed by atoms with Gasteiger partial charge in [-0.15, -0.1) is 0 Å². The van der Waals surface area contributed by atoms with E-state index in [9.17, 15) is 0 Å². The zero-order valence-electron chi connectivity index (χ0n) is 6.21. The van der Waals surface area contributed by atoms with Crippen LogP contribution in [0.1, 0.15) is 6.92 Å². The lowest BCUT2D eigenvalue weighted by molar-refractivity contribution is 1.48. The van der Waals surface area contributed by atoms with E-state index in [1.165, 1.54) is 0 Å². The van der Waals surface area contributed by atoms with Gasteiger partial charge in [0.05, 0.1) is 3.74 Å². The van der Waals surface area contributed by atoms with E-state index in [4.69, 9.17) is 11.1 Å². The first kappa shape index (κ1) is 13.1. The predicted molar refractivity (Wildman–Crippen MR) is 56.5 cm³/mol. The average Bonchev–Trinajstić information content (AvgIpc) is 1.19. The second-order valence-electron chi connectivity index (χ2n) is 2.59. The van der Waals surface area contributed by atoms with Crippen LogP contribution in [-0.4, -0.2) is 11.1 Å². The Morgan fingerprint density at radius 2 is 1.22 bits per heavy atom. The molecule has 0 radical (unpaired) electrons. The highest BCUT2D eigenvalue weighted by atomic mass is 79.9. The summed E-state index contributed by atoms with van der Waals surface area (Å²) in [5, 5.41) is 0. The maximum absolute atomic E-state index is 5.67. The Morgan fingerprint density at radius 3 is 1.22 bits per heavy atom. The first-order valence-corrected chi connectivity index (χ1v) is 9.05. The molecule has 0 aliphatic carbocycles. The molecule has 9 heavy (non-hydrogen) atoms. The van der Waals surface area contributed by atoms with Crippen molar-refractivity contribution in [2.45, 2.75) is 30.3 Å². The Hall–Kier alpha value is 1.47. The van der Waals surface area contributed by atoms with Crippen molar-refractivity contribution in [2.75, 3.05) is 0 Å². The topological polar surface area (TPSA) is 0 Å². The van der Waals surface area contributed by atoms with Crippen LogP contribution in [0, 0.1) is 0 Å². The lowest BCUT2D eigenvalue weighted by Gasteiger charge is -1.97. The molecule has 4 heteroatoms. The molecule has 0 atom stereocenters. The number of halogens is 3. The van der Waals surface area contributed by atoms with Gasteiger partial charge in [0.15, 0.2) is 0 Å². The predicted octanol–water partition coefficient (Wildman–Crippen LogP) is 4.18. The normalized spacial score (nSPS) is 10.7. The molecule has 0 aromatic carbocycles. The summed E-state index contributed by atoms with van der Waals surface area (Å²) >= 11 is 12.0. The zero-order valence-corrected chi connectivity index (χ0v) is 11.1. The molecule has 0 spiro atoms. The van der Waals surface area contributed by atoms with Crippen molar-refractivity contribution in [3.8, 4) is 0 Å². The summed E-state index contributed by atoms with van der Waals surface area (Å²) in [6, 6.07) is 0. The Morgan fingerprint density at radius 1 is 1.22 bits per heavy atom. The fraction of sp³-hybridized carbons (Fsp3) is 1.00. The van der Waals surface area contributed by atoms with Crippen molar-refractivity contribution >= 4 is 50.3 Å². The maximum Gasteiger partial charge on any atom is 0.147 e. The van der Waals surface area contributed by atoms with E-state index in [-0.39, 0.29) is 0 Å². The number of rotatable bonds is 0. The van der Waals surface area contributed by atoms with Crippen LogP contribution in [0.25, 0.3) is 0 Å². The van der Waals surface area contributed by atoms with Crippen molar-refractivity contribution in [1.29, 1.82) is 0 Å². The van der Waals surface area contributed by atoms with Gasteiger partial charge in [0.25, 0.3) is 0 Å². The zero-order chi connectivity index (χ0) is 8.08. The van der Waals surface area contributed by atoms with Gasteiger partial charge < -0.3 is 0 Å². The van der Waals surface area contributed by atoms with Crippen LogP contribution in [-0.2, 0) is 0 Å². The number of alkyl halides is 2. The Balaban J connectivity index is 0. The Kier molecular flexibility index (Phi) is 9.01. The van der Waals surface area contributed by atoms with Crippen molar-refractivity contribution in [1.82, 2.24) is 0 Å². The van der Waals surface area contributed by atoms with Crippen LogP contribution in [0.2, 0.25) is 19.6 Å². The SMILES string of the molecule is CC(Br)Br.C[Si](C)(C)Cl. The third-order valence-electron chi connectivity index (χ3n) is 0. The van der Waals surface area contributed by atoms with Gasteiger partial charge in [-0.05, 0) is 6.92 Å². The molecular weight excluding hydrogens is 283 g/mol. The highest BCUT2D eigenvalue weighted by Gasteiger charge is 2.04. The minimum Gasteiger partial charge on any atom is -0.168 e. The summed E-state index contributed by atoms with van der Waals surface area (Å²) in [5.74, 6) is 0. The smallest absolute Gasteiger partial charge is 0.147 e. The van der Waals surface area contributed by atoms with E-state index in [1.54, 1.807) is 0 Å². The van der Waals surface area contributed by atoms with Crippen LogP contribution in [0.5, 0.6) is 0 Å². The largest absolute Gasteiger partial charge is 0.168 e. The summed E-state index contributed by atoms with van der Waals surface area (Å²) < 4.78 is 0.458. The van der Waals surface area contributed by atoms with Gasteiger partial charge in [0, 0.05) is 0 Å². The van der Waals surface area contributed by atoms with Crippen LogP contribution in [0.15, 0.2) is 0 Å². The van der Waals surface area contributed by atoms with Gasteiger partial charge in [0.1, 0.15) is 7.38 Å². The first-order valence-electron chi connectivity index (χ1n) is 2.70. The Bertz CT molecular complexity index is 51.7. The summed E-state index contributed by atoms with van der Waals surface area (Å²) in [5.41, 5.74) is 0. The highest BCUT2D eigenvalue weighted by Crippen LogP contribution is 2.03. The first-order chi connectivity index (χ1) is 3.73. The van der Waals surface area contributed by atoms with Crippen molar-refractivity contribution in [3.63, 3.8) is 0 Å². The molecule has 0 aliphatic heterocycles. The molecular formula is C5H13Br2ClSi. The fourth-order valence-electron chi connectivity index (χ4n) is 0. The van der Waals surface area contributed by atoms with E-state index in [0.717, 1.165) is 0 Å². The number of hydrogen-bond acceptors (Lipinski definition) is 0. The van der Waals surface area contributed by atoms with Gasteiger partial charge in [-0.3, -0.25) is 0 Å². The molecule has 58 valence electrons. The maximum atomic E-state index is 5.67. The van der Waals surface area contributed by atoms with Crippen LogP contribution >= 0.6 is 42.9 Å². The third kappa shape index (κ3) is 245. The summed E-state index contributed by atoms with van der Waals surface area (Å²) in [6.45, 7) is 8.28. The molecule has 0 fully saturated rings. The fourth-order valence-corrected chi connectivity index (χ4v) is 0. The average molecular weight is 297 g/mol. The second kappa shape index (κ2) is 6.19. The van der Waals surface area contributed by atoms with Crippen LogP contribution < -0.4 is 0 Å². The molecule has 0 rings (SSSR count). The van der Waals surface area contributed by atoms with E-state index in [2.05, 4.69) is 51.5 Å². The molecule has 0 nitrogen and oxygen atoms in total. The van der Waals surface area contributed by atoms with Crippen molar-refractivity contribution < 1.29 is 0 Å². The van der Waals surface area contributed by atoms with Crippen molar-refractivity contribution in [3.05, 3.63) is 0 Å². The molecule has 0 saturated heterocycles. The standard InChI is InChI=1S/C3H9ClSi.C2H4Br2/c1-5(2,3)4;1-2(3)4/h1-3H3;2H,1H3. The molecule has 0 unspecified atom stereocenters. The minimum absolute atomic E-state index is 0.458. The van der Waals surface area contributed by atoms with E-state index in [0.29, 0.717) is 3.74 Å². The molecule has 0 saturated carbocycles. The quantitative estimate of drug-likeness (QED) is 0.357. The summed E-state index contributed by atoms with van der Waals surface area (Å²) in [6.07, 6.45) is 0. The van der Waals surface area contributed by atoms with Gasteiger partial charge in [0.2, 0.25) is 0 Å². The lowest BCUT2D eigenvalue weighted by atomic mass is 11.0. The third-order valence-corrected chi connectivity index (χ3v) is 0. The molecule has 0 heterocycles. The lowest BCUT2D eigenvalue weighted by Crippen LogP contribution is -2.06. The monoisotopic (exact) mass is 294 g/mol.